The summed E-state index contributed by atoms with van der Waals surface area (Å²) in [6.07, 6.45) is 9.17. The molecule has 4 nitrogen and oxygen atoms in total. The fraction of sp³-hybridized carbons (Fsp3) is 0.0577. The molecule has 1 spiro atoms. The summed E-state index contributed by atoms with van der Waals surface area (Å²) in [4.78, 5) is 15.2. The van der Waals surface area contributed by atoms with Gasteiger partial charge in [-0.15, -0.1) is 0 Å². The van der Waals surface area contributed by atoms with E-state index in [2.05, 4.69) is 164 Å². The van der Waals surface area contributed by atoms with E-state index in [4.69, 9.17) is 19.7 Å². The molecule has 0 radical (unpaired) electrons. The molecule has 3 aliphatic rings. The Labute approximate surface area is 326 Å². The zero-order chi connectivity index (χ0) is 37.1. The van der Waals surface area contributed by atoms with Gasteiger partial charge in [0.15, 0.2) is 17.5 Å². The quantitative estimate of drug-likeness (QED) is 0.178. The lowest BCUT2D eigenvalue weighted by atomic mass is 9.62. The average Bonchev–Trinajstić information content (AvgIpc) is 3.57. The molecule has 4 heteroatoms. The van der Waals surface area contributed by atoms with Gasteiger partial charge < -0.3 is 4.74 Å². The fourth-order valence-corrected chi connectivity index (χ4v) is 9.21. The van der Waals surface area contributed by atoms with Gasteiger partial charge in [0.05, 0.1) is 5.41 Å². The van der Waals surface area contributed by atoms with E-state index in [9.17, 15) is 0 Å². The lowest BCUT2D eigenvalue weighted by Crippen LogP contribution is -2.37. The van der Waals surface area contributed by atoms with Crippen molar-refractivity contribution >= 4 is 0 Å². The van der Waals surface area contributed by atoms with Crippen LogP contribution in [0.1, 0.15) is 28.2 Å². The number of para-hydroxylation sites is 1. The molecule has 0 saturated heterocycles. The molecular weight excluding hydrogens is 683 g/mol. The van der Waals surface area contributed by atoms with Crippen molar-refractivity contribution in [3.63, 3.8) is 0 Å². The van der Waals surface area contributed by atoms with Gasteiger partial charge in [-0.2, -0.15) is 0 Å². The molecule has 0 fully saturated rings. The maximum atomic E-state index is 6.83. The maximum Gasteiger partial charge on any atom is 0.164 e. The minimum atomic E-state index is -0.375. The standard InChI is InChI=1S/C52H35N3O/c1-3-15-34(16-4-1)36-19-13-21-39(31-36)50-53-49(35-17-5-2-6-18-35)54-51(55-50)40-22-14-20-37(32-40)38-29-30-46-48(33-38)56-47-28-12-11-27-45(47)52(46)43-25-9-7-23-41(43)42-24-8-10-26-44(42)52/h1-33,41,43H. The number of nitrogens with zero attached hydrogens (tertiary/aromatic N) is 3. The Kier molecular flexibility index (Phi) is 7.49. The van der Waals surface area contributed by atoms with Gasteiger partial charge in [-0.25, -0.2) is 15.0 Å². The highest BCUT2D eigenvalue weighted by atomic mass is 16.5. The number of benzene rings is 7. The topological polar surface area (TPSA) is 47.9 Å². The van der Waals surface area contributed by atoms with Gasteiger partial charge in [-0.05, 0) is 57.6 Å². The summed E-state index contributed by atoms with van der Waals surface area (Å²) in [5, 5.41) is 0. The van der Waals surface area contributed by atoms with E-state index < -0.39 is 0 Å². The molecule has 8 aromatic rings. The molecule has 1 aliphatic heterocycles. The summed E-state index contributed by atoms with van der Waals surface area (Å²) < 4.78 is 6.83. The normalized spacial score (nSPS) is 18.4. The summed E-state index contributed by atoms with van der Waals surface area (Å²) >= 11 is 0. The number of hydrogen-bond donors (Lipinski definition) is 0. The molecule has 2 aliphatic carbocycles. The Morgan fingerprint density at radius 1 is 0.375 bits per heavy atom. The summed E-state index contributed by atoms with van der Waals surface area (Å²) in [5.41, 5.74) is 11.9. The predicted octanol–water partition coefficient (Wildman–Crippen LogP) is 12.5. The molecule has 2 heterocycles. The largest absolute Gasteiger partial charge is 0.457 e. The third-order valence-electron chi connectivity index (χ3n) is 11.7. The second kappa shape index (κ2) is 13.0. The first kappa shape index (κ1) is 32.3. The molecule has 3 unspecified atom stereocenters. The first-order chi connectivity index (χ1) is 27.7. The van der Waals surface area contributed by atoms with E-state index in [1.165, 1.54) is 22.3 Å². The monoisotopic (exact) mass is 717 g/mol. The van der Waals surface area contributed by atoms with Crippen LogP contribution in [-0.2, 0) is 5.41 Å². The maximum absolute atomic E-state index is 6.83. The third kappa shape index (κ3) is 5.10. The van der Waals surface area contributed by atoms with Crippen LogP contribution < -0.4 is 4.74 Å². The fourth-order valence-electron chi connectivity index (χ4n) is 9.21. The van der Waals surface area contributed by atoms with Crippen molar-refractivity contribution in [2.24, 2.45) is 5.92 Å². The lowest BCUT2D eigenvalue weighted by Gasteiger charge is -2.43. The van der Waals surface area contributed by atoms with Crippen LogP contribution in [0.3, 0.4) is 0 Å². The number of hydrogen-bond acceptors (Lipinski definition) is 4. The first-order valence-corrected chi connectivity index (χ1v) is 19.2. The van der Waals surface area contributed by atoms with Crippen molar-refractivity contribution in [3.05, 3.63) is 222 Å². The predicted molar refractivity (Wildman–Crippen MR) is 224 cm³/mol. The molecule has 7 aromatic carbocycles. The summed E-state index contributed by atoms with van der Waals surface area (Å²) in [7, 11) is 0. The molecule has 1 aromatic heterocycles. The number of rotatable bonds is 5. The van der Waals surface area contributed by atoms with Crippen molar-refractivity contribution < 1.29 is 4.74 Å². The Bertz CT molecular complexity index is 2860. The van der Waals surface area contributed by atoms with Crippen LogP contribution in [0.4, 0.5) is 0 Å². The van der Waals surface area contributed by atoms with Gasteiger partial charge in [0.1, 0.15) is 11.5 Å². The summed E-state index contributed by atoms with van der Waals surface area (Å²) in [5.74, 6) is 4.20. The minimum Gasteiger partial charge on any atom is -0.457 e. The van der Waals surface area contributed by atoms with Crippen LogP contribution in [-0.4, -0.2) is 15.0 Å². The van der Waals surface area contributed by atoms with Crippen molar-refractivity contribution in [2.45, 2.75) is 11.3 Å². The highest BCUT2D eigenvalue weighted by molar-refractivity contribution is 5.78. The SMILES string of the molecule is C1=CC2c3ccccc3C3(c4ccccc4Oc4cc(-c5cccc(-c6nc(-c7ccccc7)nc(-c7cccc(-c8ccccc8)c7)n6)c5)ccc43)C2C=C1. The van der Waals surface area contributed by atoms with Crippen molar-refractivity contribution in [3.8, 4) is 67.9 Å². The van der Waals surface area contributed by atoms with Crippen LogP contribution in [0.2, 0.25) is 0 Å². The number of aromatic nitrogens is 3. The van der Waals surface area contributed by atoms with E-state index in [0.717, 1.165) is 50.4 Å². The van der Waals surface area contributed by atoms with Gasteiger partial charge in [-0.3, -0.25) is 0 Å². The molecule has 11 rings (SSSR count). The smallest absolute Gasteiger partial charge is 0.164 e. The van der Waals surface area contributed by atoms with Gasteiger partial charge in [0.25, 0.3) is 0 Å². The molecule has 264 valence electrons. The first-order valence-electron chi connectivity index (χ1n) is 19.2. The Morgan fingerprint density at radius 3 is 1.62 bits per heavy atom. The van der Waals surface area contributed by atoms with E-state index in [1.807, 2.05) is 36.4 Å². The van der Waals surface area contributed by atoms with Gasteiger partial charge >= 0.3 is 0 Å². The number of allylic oxidation sites excluding steroid dienone is 4. The van der Waals surface area contributed by atoms with Crippen molar-refractivity contribution in [1.82, 2.24) is 15.0 Å². The highest BCUT2D eigenvalue weighted by Gasteiger charge is 2.56. The van der Waals surface area contributed by atoms with E-state index in [0.29, 0.717) is 23.4 Å². The average molecular weight is 718 g/mol. The van der Waals surface area contributed by atoms with Crippen LogP contribution in [0.15, 0.2) is 200 Å². The van der Waals surface area contributed by atoms with Crippen molar-refractivity contribution in [2.75, 3.05) is 0 Å². The minimum absolute atomic E-state index is 0.230. The molecule has 0 saturated carbocycles. The van der Waals surface area contributed by atoms with Gasteiger partial charge in [0.2, 0.25) is 0 Å². The second-order valence-corrected chi connectivity index (χ2v) is 14.7. The highest BCUT2D eigenvalue weighted by Crippen LogP contribution is 2.64. The zero-order valence-corrected chi connectivity index (χ0v) is 30.5. The van der Waals surface area contributed by atoms with Gasteiger partial charge in [0, 0.05) is 39.7 Å². The Hall–Kier alpha value is -7.17. The molecule has 0 N–H and O–H groups in total. The number of fused-ring (bicyclic) bond motifs is 9. The number of ether oxygens (including phenoxy) is 1. The molecular formula is C52H35N3O. The summed E-state index contributed by atoms with van der Waals surface area (Å²) in [6.45, 7) is 0. The van der Waals surface area contributed by atoms with E-state index in [1.54, 1.807) is 0 Å². The molecule has 0 amide bonds. The molecule has 0 bridgehead atoms. The molecule has 3 atom stereocenters. The van der Waals surface area contributed by atoms with E-state index >= 15 is 0 Å². The van der Waals surface area contributed by atoms with E-state index in [-0.39, 0.29) is 11.3 Å². The third-order valence-corrected chi connectivity index (χ3v) is 11.7. The Morgan fingerprint density at radius 2 is 0.893 bits per heavy atom. The zero-order valence-electron chi connectivity index (χ0n) is 30.5. The van der Waals surface area contributed by atoms with Crippen LogP contribution >= 0.6 is 0 Å². The van der Waals surface area contributed by atoms with Crippen LogP contribution in [0.5, 0.6) is 11.5 Å². The molecule has 56 heavy (non-hydrogen) atoms. The Balaban J connectivity index is 1.03. The summed E-state index contributed by atoms with van der Waals surface area (Å²) in [6, 6.07) is 61.8. The second-order valence-electron chi connectivity index (χ2n) is 14.7. The van der Waals surface area contributed by atoms with Gasteiger partial charge in [-0.1, -0.05) is 176 Å². The van der Waals surface area contributed by atoms with Crippen LogP contribution in [0, 0.1) is 5.92 Å². The van der Waals surface area contributed by atoms with Crippen LogP contribution in [0.25, 0.3) is 56.4 Å². The van der Waals surface area contributed by atoms with Crippen molar-refractivity contribution in [1.29, 1.82) is 0 Å². The lowest BCUT2D eigenvalue weighted by molar-refractivity contribution is 0.374.